The molecule has 0 aliphatic carbocycles. The normalized spacial score (nSPS) is 15.8. The fourth-order valence-electron chi connectivity index (χ4n) is 3.17. The summed E-state index contributed by atoms with van der Waals surface area (Å²) in [5, 5.41) is 7.66. The Morgan fingerprint density at radius 1 is 1.23 bits per heavy atom. The molecule has 3 rings (SSSR count). The molecule has 1 fully saturated rings. The van der Waals surface area contributed by atoms with E-state index < -0.39 is 21.8 Å². The molecule has 12 heteroatoms. The highest BCUT2D eigenvalue weighted by Crippen LogP contribution is 2.34. The lowest BCUT2D eigenvalue weighted by Gasteiger charge is -2.32. The van der Waals surface area contributed by atoms with Crippen LogP contribution in [0.2, 0.25) is 5.02 Å². The van der Waals surface area contributed by atoms with Crippen molar-refractivity contribution in [3.63, 3.8) is 0 Å². The number of rotatable bonds is 4. The third-order valence-corrected chi connectivity index (χ3v) is 5.93. The van der Waals surface area contributed by atoms with Gasteiger partial charge in [-0.05, 0) is 37.1 Å². The van der Waals surface area contributed by atoms with Crippen LogP contribution in [0.4, 0.5) is 24.7 Å². The van der Waals surface area contributed by atoms with Crippen molar-refractivity contribution in [2.45, 2.75) is 23.9 Å². The highest BCUT2D eigenvalue weighted by atomic mass is 35.5. The van der Waals surface area contributed by atoms with E-state index in [1.54, 1.807) is 11.0 Å². The number of carbonyl (C=O) groups is 1. The van der Waals surface area contributed by atoms with E-state index in [4.69, 9.17) is 16.7 Å². The van der Waals surface area contributed by atoms with E-state index in [1.807, 2.05) is 0 Å². The van der Waals surface area contributed by atoms with Gasteiger partial charge < -0.3 is 10.2 Å². The first-order chi connectivity index (χ1) is 13.9. The first-order valence-corrected chi connectivity index (χ1v) is 10.8. The number of alkyl halides is 3. The summed E-state index contributed by atoms with van der Waals surface area (Å²) in [6.45, 7) is 0.765. The first-order valence-electron chi connectivity index (χ1n) is 8.86. The number of sulfonamides is 1. The van der Waals surface area contributed by atoms with Gasteiger partial charge in [-0.25, -0.2) is 18.5 Å². The third-order valence-electron chi connectivity index (χ3n) is 4.74. The molecule has 0 unspecified atom stereocenters. The molecule has 1 amide bonds. The van der Waals surface area contributed by atoms with E-state index in [0.29, 0.717) is 31.6 Å². The van der Waals surface area contributed by atoms with Crippen molar-refractivity contribution in [2.75, 3.05) is 23.3 Å². The number of carbonyl (C=O) groups excluding carboxylic acids is 1. The number of pyridine rings is 1. The van der Waals surface area contributed by atoms with Gasteiger partial charge in [0.25, 0.3) is 0 Å². The van der Waals surface area contributed by atoms with Crippen molar-refractivity contribution >= 4 is 39.0 Å². The summed E-state index contributed by atoms with van der Waals surface area (Å²) < 4.78 is 61.1. The van der Waals surface area contributed by atoms with E-state index in [9.17, 15) is 26.4 Å². The van der Waals surface area contributed by atoms with Crippen LogP contribution < -0.4 is 15.4 Å². The number of primary sulfonamides is 1. The van der Waals surface area contributed by atoms with Gasteiger partial charge in [0.1, 0.15) is 5.82 Å². The minimum Gasteiger partial charge on any atom is -0.355 e. The smallest absolute Gasteiger partial charge is 0.355 e. The van der Waals surface area contributed by atoms with Gasteiger partial charge in [-0.3, -0.25) is 4.79 Å². The summed E-state index contributed by atoms with van der Waals surface area (Å²) in [7, 11) is -3.89. The monoisotopic (exact) mass is 462 g/mol. The van der Waals surface area contributed by atoms with E-state index in [2.05, 4.69) is 10.3 Å². The Labute approximate surface area is 176 Å². The first kappa shape index (κ1) is 22.3. The van der Waals surface area contributed by atoms with Crippen molar-refractivity contribution in [3.05, 3.63) is 47.1 Å². The molecular formula is C18H18ClF3N4O3S. The van der Waals surface area contributed by atoms with Gasteiger partial charge in [-0.2, -0.15) is 13.2 Å². The zero-order chi connectivity index (χ0) is 22.1. The second-order valence-corrected chi connectivity index (χ2v) is 8.82. The Bertz CT molecular complexity index is 1050. The molecule has 1 aliphatic rings. The van der Waals surface area contributed by atoms with Crippen molar-refractivity contribution in [1.82, 2.24) is 4.98 Å². The number of anilines is 2. The Kier molecular flexibility index (Phi) is 6.25. The summed E-state index contributed by atoms with van der Waals surface area (Å²) in [5.74, 6) is -0.398. The quantitative estimate of drug-likeness (QED) is 0.725. The van der Waals surface area contributed by atoms with Crippen LogP contribution >= 0.6 is 11.6 Å². The number of piperidine rings is 1. The van der Waals surface area contributed by atoms with E-state index >= 15 is 0 Å². The second-order valence-electron chi connectivity index (χ2n) is 6.85. The Balaban J connectivity index is 1.62. The molecule has 2 aromatic rings. The maximum absolute atomic E-state index is 12.8. The minimum atomic E-state index is -4.53. The summed E-state index contributed by atoms with van der Waals surface area (Å²) in [5.41, 5.74) is -0.617. The predicted octanol–water partition coefficient (Wildman–Crippen LogP) is 3.26. The molecule has 0 bridgehead atoms. The molecule has 162 valence electrons. The molecular weight excluding hydrogens is 445 g/mol. The van der Waals surface area contributed by atoms with Gasteiger partial charge in [0.2, 0.25) is 15.9 Å². The molecule has 1 saturated heterocycles. The van der Waals surface area contributed by atoms with E-state index in [0.717, 1.165) is 12.3 Å². The highest BCUT2D eigenvalue weighted by molar-refractivity contribution is 7.89. The molecule has 1 aromatic heterocycles. The number of amides is 1. The summed E-state index contributed by atoms with van der Waals surface area (Å²) in [6, 6.07) is 6.45. The van der Waals surface area contributed by atoms with Crippen molar-refractivity contribution in [3.8, 4) is 0 Å². The topological polar surface area (TPSA) is 105 Å². The van der Waals surface area contributed by atoms with Crippen LogP contribution in [-0.2, 0) is 21.0 Å². The van der Waals surface area contributed by atoms with Crippen LogP contribution in [-0.4, -0.2) is 32.4 Å². The van der Waals surface area contributed by atoms with Crippen LogP contribution in [0.15, 0.2) is 41.4 Å². The van der Waals surface area contributed by atoms with Crippen LogP contribution in [0.1, 0.15) is 18.4 Å². The standard InChI is InChI=1S/C18H18ClF3N4O3S/c19-15-8-12(18(20,21)22)10-24-16(15)26-6-4-11(5-7-26)17(27)25-13-2-1-3-14(9-13)30(23,28)29/h1-3,8-11H,4-7H2,(H,25,27)(H2,23,28,29). The van der Waals surface area contributed by atoms with Gasteiger partial charge >= 0.3 is 6.18 Å². The van der Waals surface area contributed by atoms with E-state index in [-0.39, 0.29) is 27.6 Å². The maximum Gasteiger partial charge on any atom is 0.417 e. The maximum atomic E-state index is 12.8. The number of hydrogen-bond acceptors (Lipinski definition) is 5. The lowest BCUT2D eigenvalue weighted by molar-refractivity contribution is -0.137. The molecule has 0 spiro atoms. The van der Waals surface area contributed by atoms with Gasteiger partial charge in [0.05, 0.1) is 15.5 Å². The SMILES string of the molecule is NS(=O)(=O)c1cccc(NC(=O)C2CCN(c3ncc(C(F)(F)F)cc3Cl)CC2)c1. The average Bonchev–Trinajstić information content (AvgIpc) is 2.67. The molecule has 1 aliphatic heterocycles. The van der Waals surface area contributed by atoms with Crippen LogP contribution in [0, 0.1) is 5.92 Å². The van der Waals surface area contributed by atoms with Gasteiger partial charge in [0, 0.05) is 30.9 Å². The van der Waals surface area contributed by atoms with Crippen molar-refractivity contribution < 1.29 is 26.4 Å². The second kappa shape index (κ2) is 8.40. The number of halogens is 4. The summed E-state index contributed by atoms with van der Waals surface area (Å²) in [6.07, 6.45) is -2.93. The number of aromatic nitrogens is 1. The molecule has 0 saturated carbocycles. The third kappa shape index (κ3) is 5.21. The molecule has 7 nitrogen and oxygen atoms in total. The Morgan fingerprint density at radius 2 is 1.90 bits per heavy atom. The average molecular weight is 463 g/mol. The van der Waals surface area contributed by atoms with E-state index in [1.165, 1.54) is 18.2 Å². The lowest BCUT2D eigenvalue weighted by atomic mass is 9.95. The van der Waals surface area contributed by atoms with Crippen molar-refractivity contribution in [1.29, 1.82) is 0 Å². The summed E-state index contributed by atoms with van der Waals surface area (Å²) in [4.78, 5) is 18.0. The number of nitrogens with two attached hydrogens (primary N) is 1. The zero-order valence-electron chi connectivity index (χ0n) is 15.5. The fraction of sp³-hybridized carbons (Fsp3) is 0.333. The lowest BCUT2D eigenvalue weighted by Crippen LogP contribution is -2.38. The van der Waals surface area contributed by atoms with Crippen LogP contribution in [0.25, 0.3) is 0 Å². The number of nitrogens with one attached hydrogen (secondary N) is 1. The molecule has 0 atom stereocenters. The molecule has 2 heterocycles. The number of nitrogens with zero attached hydrogens (tertiary/aromatic N) is 2. The molecule has 0 radical (unpaired) electrons. The zero-order valence-corrected chi connectivity index (χ0v) is 17.1. The van der Waals surface area contributed by atoms with Crippen molar-refractivity contribution in [2.24, 2.45) is 11.1 Å². The largest absolute Gasteiger partial charge is 0.417 e. The predicted molar refractivity (Wildman–Crippen MR) is 106 cm³/mol. The minimum absolute atomic E-state index is 0.104. The highest BCUT2D eigenvalue weighted by Gasteiger charge is 2.33. The number of benzene rings is 1. The van der Waals surface area contributed by atoms with Gasteiger partial charge in [-0.15, -0.1) is 0 Å². The molecule has 30 heavy (non-hydrogen) atoms. The molecule has 1 aromatic carbocycles. The Hall–Kier alpha value is -2.37. The summed E-state index contributed by atoms with van der Waals surface area (Å²) >= 11 is 5.98. The molecule has 3 N–H and O–H groups in total. The van der Waals surface area contributed by atoms with Crippen LogP contribution in [0.3, 0.4) is 0 Å². The van der Waals surface area contributed by atoms with Crippen LogP contribution in [0.5, 0.6) is 0 Å². The fourth-order valence-corrected chi connectivity index (χ4v) is 4.01. The Morgan fingerprint density at radius 3 is 2.47 bits per heavy atom. The number of hydrogen-bond donors (Lipinski definition) is 2. The van der Waals surface area contributed by atoms with Gasteiger partial charge in [-0.1, -0.05) is 17.7 Å². The van der Waals surface area contributed by atoms with Gasteiger partial charge in [0.15, 0.2) is 0 Å².